The Bertz CT molecular complexity index is 905. The Morgan fingerprint density at radius 1 is 1.03 bits per heavy atom. The normalized spacial score (nSPS) is 11.2. The molecule has 0 heterocycles. The molecule has 3 N–H and O–H groups in total. The maximum Gasteiger partial charge on any atom is 0.491 e. The molecule has 0 aliphatic heterocycles. The van der Waals surface area contributed by atoms with E-state index in [4.69, 9.17) is 10.0 Å². The molecule has 2 rings (SSSR count). The number of nitrogens with one attached hydrogen (secondary N) is 1. The van der Waals surface area contributed by atoms with E-state index in [-0.39, 0.29) is 28.9 Å². The quantitative estimate of drug-likeness (QED) is 0.541. The van der Waals surface area contributed by atoms with Crippen LogP contribution < -0.4 is 10.9 Å². The number of rotatable bonds is 4. The van der Waals surface area contributed by atoms with Crippen LogP contribution in [-0.4, -0.2) is 40.5 Å². The molecule has 2 aromatic carbocycles. The molecule has 2 aromatic rings. The van der Waals surface area contributed by atoms with E-state index in [0.717, 1.165) is 23.3 Å². The second-order valence-corrected chi connectivity index (χ2v) is 8.38. The molecule has 0 radical (unpaired) electrons. The van der Waals surface area contributed by atoms with Crippen molar-refractivity contribution in [3.05, 3.63) is 64.5 Å². The molecule has 0 saturated carbocycles. The molecule has 8 heteroatoms. The van der Waals surface area contributed by atoms with Crippen molar-refractivity contribution >= 4 is 24.4 Å². The van der Waals surface area contributed by atoms with Gasteiger partial charge in [-0.2, -0.15) is 0 Å². The fraction of sp³-hybridized carbons (Fsp3) is 0.333. The zero-order valence-corrected chi connectivity index (χ0v) is 17.3. The van der Waals surface area contributed by atoms with Crippen molar-refractivity contribution in [1.29, 1.82) is 0 Å². The Morgan fingerprint density at radius 3 is 2.10 bits per heavy atom. The molecule has 0 bridgehead atoms. The highest BCUT2D eigenvalue weighted by atomic mass is 19.1. The van der Waals surface area contributed by atoms with E-state index < -0.39 is 18.8 Å². The van der Waals surface area contributed by atoms with Crippen LogP contribution in [0.5, 0.6) is 0 Å². The van der Waals surface area contributed by atoms with Crippen LogP contribution in [0.4, 0.5) is 4.39 Å². The van der Waals surface area contributed by atoms with E-state index in [0.29, 0.717) is 5.56 Å². The number of aryl methyl sites for hydroxylation is 2. The van der Waals surface area contributed by atoms with Crippen molar-refractivity contribution in [1.82, 2.24) is 10.4 Å². The number of benzene rings is 2. The lowest BCUT2D eigenvalue weighted by atomic mass is 9.79. The van der Waals surface area contributed by atoms with Crippen molar-refractivity contribution in [2.45, 2.75) is 34.6 Å². The number of nitrogens with zero attached hydrogens (tertiary/aromatic N) is 1. The summed E-state index contributed by atoms with van der Waals surface area (Å²) in [5.74, 6) is -1.97. The summed E-state index contributed by atoms with van der Waals surface area (Å²) >= 11 is 0. The molecular formula is C21H26BFN2O4. The van der Waals surface area contributed by atoms with Crippen LogP contribution in [0.25, 0.3) is 0 Å². The predicted octanol–water partition coefficient (Wildman–Crippen LogP) is 1.96. The molecule has 0 aromatic heterocycles. The van der Waals surface area contributed by atoms with Gasteiger partial charge in [0.25, 0.3) is 11.8 Å². The van der Waals surface area contributed by atoms with E-state index in [1.54, 1.807) is 12.1 Å². The Hall–Kier alpha value is -2.71. The molecule has 0 saturated heterocycles. The average molecular weight is 400 g/mol. The molecule has 29 heavy (non-hydrogen) atoms. The third-order valence-corrected chi connectivity index (χ3v) is 4.12. The van der Waals surface area contributed by atoms with Gasteiger partial charge in [0.05, 0.1) is 0 Å². The summed E-state index contributed by atoms with van der Waals surface area (Å²) < 4.78 is 14.0. The third kappa shape index (κ3) is 6.14. The topological polar surface area (TPSA) is 89.9 Å². The highest BCUT2D eigenvalue weighted by Crippen LogP contribution is 2.18. The van der Waals surface area contributed by atoms with Crippen LogP contribution >= 0.6 is 0 Å². The maximum absolute atomic E-state index is 14.0. The van der Waals surface area contributed by atoms with Crippen molar-refractivity contribution < 1.29 is 24.0 Å². The lowest BCUT2D eigenvalue weighted by molar-refractivity contribution is 0.0509. The van der Waals surface area contributed by atoms with Gasteiger partial charge in [-0.3, -0.25) is 15.0 Å². The number of carbonyl (C=O) groups is 2. The SMILES string of the molecule is Cc1cc(C)cc(C(=O)N(CC(C)(C)C)NC(=O)c2ccc(B(O)O)c(F)c2)c1. The molecule has 2 amide bonds. The zero-order chi connectivity index (χ0) is 21.9. The summed E-state index contributed by atoms with van der Waals surface area (Å²) in [6.45, 7) is 9.79. The molecule has 0 atom stereocenters. The molecule has 0 aliphatic rings. The Kier molecular flexibility index (Phi) is 6.82. The fourth-order valence-corrected chi connectivity index (χ4v) is 2.96. The van der Waals surface area contributed by atoms with Crippen LogP contribution in [-0.2, 0) is 0 Å². The number of carbonyl (C=O) groups excluding carboxylic acids is 2. The summed E-state index contributed by atoms with van der Waals surface area (Å²) in [7, 11) is -1.98. The Labute approximate surface area is 170 Å². The smallest absolute Gasteiger partial charge is 0.423 e. The first kappa shape index (κ1) is 22.6. The first-order chi connectivity index (χ1) is 13.4. The van der Waals surface area contributed by atoms with Crippen LogP contribution in [0.3, 0.4) is 0 Å². The zero-order valence-electron chi connectivity index (χ0n) is 17.3. The van der Waals surface area contributed by atoms with Crippen LogP contribution in [0.2, 0.25) is 0 Å². The van der Waals surface area contributed by atoms with Crippen LogP contribution in [0, 0.1) is 25.1 Å². The minimum absolute atomic E-state index is 0.0426. The van der Waals surface area contributed by atoms with Crippen molar-refractivity contribution in [3.8, 4) is 0 Å². The summed E-state index contributed by atoms with van der Waals surface area (Å²) in [4.78, 5) is 25.7. The number of hydrazine groups is 1. The van der Waals surface area contributed by atoms with E-state index in [9.17, 15) is 14.0 Å². The molecule has 154 valence electrons. The number of halogens is 1. The Balaban J connectivity index is 2.32. The molecule has 0 spiro atoms. The number of hydrogen-bond acceptors (Lipinski definition) is 4. The third-order valence-electron chi connectivity index (χ3n) is 4.12. The summed E-state index contributed by atoms with van der Waals surface area (Å²) in [5.41, 5.74) is 4.17. The van der Waals surface area contributed by atoms with Crippen molar-refractivity contribution in [3.63, 3.8) is 0 Å². The average Bonchev–Trinajstić information content (AvgIpc) is 2.58. The van der Waals surface area contributed by atoms with E-state index in [1.165, 1.54) is 11.1 Å². The summed E-state index contributed by atoms with van der Waals surface area (Å²) in [5, 5.41) is 19.5. The van der Waals surface area contributed by atoms with Gasteiger partial charge in [0.15, 0.2) is 0 Å². The maximum atomic E-state index is 14.0. The Morgan fingerprint density at radius 2 is 1.62 bits per heavy atom. The van der Waals surface area contributed by atoms with Crippen LogP contribution in [0.15, 0.2) is 36.4 Å². The monoisotopic (exact) mass is 400 g/mol. The van der Waals surface area contributed by atoms with Gasteiger partial charge >= 0.3 is 7.12 Å². The van der Waals surface area contributed by atoms with E-state index in [1.807, 2.05) is 40.7 Å². The second-order valence-electron chi connectivity index (χ2n) is 8.38. The van der Waals surface area contributed by atoms with Crippen molar-refractivity contribution in [2.24, 2.45) is 5.41 Å². The van der Waals surface area contributed by atoms with Gasteiger partial charge in [0, 0.05) is 23.1 Å². The lowest BCUT2D eigenvalue weighted by Gasteiger charge is -2.30. The van der Waals surface area contributed by atoms with Crippen LogP contribution in [0.1, 0.15) is 52.6 Å². The molecule has 0 aliphatic carbocycles. The lowest BCUT2D eigenvalue weighted by Crippen LogP contribution is -2.49. The number of hydrogen-bond donors (Lipinski definition) is 3. The summed E-state index contributed by atoms with van der Waals surface area (Å²) in [6.07, 6.45) is 0. The minimum atomic E-state index is -1.98. The number of amides is 2. The highest BCUT2D eigenvalue weighted by molar-refractivity contribution is 6.58. The van der Waals surface area contributed by atoms with Gasteiger partial charge in [0.2, 0.25) is 0 Å². The van der Waals surface area contributed by atoms with Gasteiger partial charge in [-0.1, -0.05) is 44.0 Å². The van der Waals surface area contributed by atoms with Crippen molar-refractivity contribution in [2.75, 3.05) is 6.54 Å². The molecular weight excluding hydrogens is 374 g/mol. The molecule has 0 fully saturated rings. The fourth-order valence-electron chi connectivity index (χ4n) is 2.96. The van der Waals surface area contributed by atoms with E-state index in [2.05, 4.69) is 5.43 Å². The van der Waals surface area contributed by atoms with Gasteiger partial charge < -0.3 is 10.0 Å². The largest absolute Gasteiger partial charge is 0.491 e. The first-order valence-electron chi connectivity index (χ1n) is 9.24. The van der Waals surface area contributed by atoms with Gasteiger partial charge in [-0.05, 0) is 43.5 Å². The van der Waals surface area contributed by atoms with E-state index >= 15 is 0 Å². The summed E-state index contributed by atoms with van der Waals surface area (Å²) in [6, 6.07) is 8.73. The predicted molar refractivity (Wildman–Crippen MR) is 110 cm³/mol. The second kappa shape index (κ2) is 8.76. The van der Waals surface area contributed by atoms with Gasteiger partial charge in [-0.25, -0.2) is 9.40 Å². The minimum Gasteiger partial charge on any atom is -0.423 e. The van der Waals surface area contributed by atoms with Gasteiger partial charge in [-0.15, -0.1) is 0 Å². The molecule has 0 unspecified atom stereocenters. The van der Waals surface area contributed by atoms with Gasteiger partial charge in [0.1, 0.15) is 5.82 Å². The first-order valence-corrected chi connectivity index (χ1v) is 9.24. The highest BCUT2D eigenvalue weighted by Gasteiger charge is 2.25. The standard InChI is InChI=1S/C21H26BFN2O4/c1-13-8-14(2)10-16(9-13)20(27)25(12-21(3,4)5)24-19(26)15-6-7-17(22(28)29)18(23)11-15/h6-11,28-29H,12H2,1-5H3,(H,24,26). The molecule has 6 nitrogen and oxygen atoms in total.